The molecule has 1 rings (SSSR count). The van der Waals surface area contributed by atoms with Gasteiger partial charge >= 0.3 is 0 Å². The molecule has 1 aliphatic rings. The van der Waals surface area contributed by atoms with E-state index in [1.807, 2.05) is 0 Å². The maximum atomic E-state index is 11.6. The number of allylic oxidation sites excluding steroid dienone is 1. The molecule has 0 saturated heterocycles. The molecule has 0 heterocycles. The van der Waals surface area contributed by atoms with Crippen molar-refractivity contribution in [2.45, 2.75) is 38.5 Å². The Morgan fingerprint density at radius 3 is 2.46 bits per heavy atom. The van der Waals surface area contributed by atoms with Gasteiger partial charge in [0.05, 0.1) is 0 Å². The molecule has 0 atom stereocenters. The number of halogens is 1. The van der Waals surface area contributed by atoms with E-state index in [0.717, 1.165) is 18.4 Å². The molecule has 1 aliphatic carbocycles. The molecular weight excluding hydrogens is 184 g/mol. The lowest BCUT2D eigenvalue weighted by atomic mass is 9.84. The molecule has 1 saturated carbocycles. The van der Waals surface area contributed by atoms with Gasteiger partial charge < -0.3 is 0 Å². The Bertz CT molecular complexity index is 192. The maximum absolute atomic E-state index is 11.6. The number of carbonyl (C=O) groups excluding carboxylic acids is 1. The molecule has 1 nitrogen and oxygen atoms in total. The molecule has 0 spiro atoms. The van der Waals surface area contributed by atoms with Gasteiger partial charge in [-0.05, 0) is 12.8 Å². The quantitative estimate of drug-likeness (QED) is 0.503. The summed E-state index contributed by atoms with van der Waals surface area (Å²) >= 11 is 5.58. The fourth-order valence-corrected chi connectivity index (χ4v) is 1.96. The predicted octanol–water partition coefficient (Wildman–Crippen LogP) is 3.32. The van der Waals surface area contributed by atoms with E-state index in [9.17, 15) is 4.79 Å². The van der Waals surface area contributed by atoms with Crippen molar-refractivity contribution in [1.29, 1.82) is 0 Å². The summed E-state index contributed by atoms with van der Waals surface area (Å²) in [6.07, 6.45) is 6.37. The second-order valence-electron chi connectivity index (χ2n) is 3.86. The third-order valence-corrected chi connectivity index (χ3v) is 3.05. The molecule has 0 aliphatic heterocycles. The third kappa shape index (κ3) is 3.51. The van der Waals surface area contributed by atoms with E-state index in [4.69, 9.17) is 11.6 Å². The zero-order chi connectivity index (χ0) is 9.68. The van der Waals surface area contributed by atoms with Gasteiger partial charge in [-0.25, -0.2) is 0 Å². The first kappa shape index (κ1) is 10.8. The van der Waals surface area contributed by atoms with Crippen LogP contribution >= 0.6 is 11.6 Å². The number of carbonyl (C=O) groups is 1. The van der Waals surface area contributed by atoms with Crippen LogP contribution in [0.25, 0.3) is 0 Å². The Hall–Kier alpha value is -0.300. The second-order valence-corrected chi connectivity index (χ2v) is 4.13. The van der Waals surface area contributed by atoms with Crippen LogP contribution in [0.5, 0.6) is 0 Å². The van der Waals surface area contributed by atoms with Crippen molar-refractivity contribution in [3.05, 3.63) is 12.2 Å². The number of hydrogen-bond donors (Lipinski definition) is 0. The molecule has 0 N–H and O–H groups in total. The van der Waals surface area contributed by atoms with Crippen molar-refractivity contribution in [2.24, 2.45) is 5.92 Å². The minimum absolute atomic E-state index is 0.300. The zero-order valence-electron chi connectivity index (χ0n) is 8.02. The van der Waals surface area contributed by atoms with Gasteiger partial charge in [0.25, 0.3) is 0 Å². The van der Waals surface area contributed by atoms with Gasteiger partial charge in [-0.3, -0.25) is 4.79 Å². The standard InChI is InChI=1S/C11H17ClO/c1-9(8-12)7-11(13)10-5-3-2-4-6-10/h10H,1-8H2. The average molecular weight is 201 g/mol. The summed E-state index contributed by atoms with van der Waals surface area (Å²) in [6.45, 7) is 3.76. The molecule has 0 aromatic rings. The fraction of sp³-hybridized carbons (Fsp3) is 0.727. The molecule has 0 aromatic carbocycles. The lowest BCUT2D eigenvalue weighted by molar-refractivity contribution is -0.123. The van der Waals surface area contributed by atoms with Gasteiger partial charge in [0.1, 0.15) is 5.78 Å². The van der Waals surface area contributed by atoms with Crippen LogP contribution in [0.1, 0.15) is 38.5 Å². The molecule has 0 aromatic heterocycles. The topological polar surface area (TPSA) is 17.1 Å². The van der Waals surface area contributed by atoms with E-state index in [0.29, 0.717) is 24.0 Å². The van der Waals surface area contributed by atoms with Gasteiger partial charge in [0.2, 0.25) is 0 Å². The van der Waals surface area contributed by atoms with Crippen LogP contribution < -0.4 is 0 Å². The largest absolute Gasteiger partial charge is 0.299 e. The van der Waals surface area contributed by atoms with E-state index in [-0.39, 0.29) is 0 Å². The van der Waals surface area contributed by atoms with Gasteiger partial charge in [0.15, 0.2) is 0 Å². The molecule has 2 heteroatoms. The van der Waals surface area contributed by atoms with Crippen LogP contribution in [-0.4, -0.2) is 11.7 Å². The monoisotopic (exact) mass is 200 g/mol. The number of Topliss-reactive ketones (excluding diaryl/α,β-unsaturated/α-hetero) is 1. The van der Waals surface area contributed by atoms with Crippen LogP contribution in [0.4, 0.5) is 0 Å². The molecular formula is C11H17ClO. The highest BCUT2D eigenvalue weighted by Crippen LogP contribution is 2.26. The van der Waals surface area contributed by atoms with E-state index in [1.165, 1.54) is 19.3 Å². The summed E-state index contributed by atoms with van der Waals surface area (Å²) in [5, 5.41) is 0. The Morgan fingerprint density at radius 1 is 1.31 bits per heavy atom. The fourth-order valence-electron chi connectivity index (χ4n) is 1.86. The minimum Gasteiger partial charge on any atom is -0.299 e. The summed E-state index contributed by atoms with van der Waals surface area (Å²) < 4.78 is 0. The van der Waals surface area contributed by atoms with Crippen molar-refractivity contribution in [1.82, 2.24) is 0 Å². The van der Waals surface area contributed by atoms with Crippen molar-refractivity contribution in [3.8, 4) is 0 Å². The Morgan fingerprint density at radius 2 is 1.92 bits per heavy atom. The summed E-state index contributed by atoms with van der Waals surface area (Å²) in [5.74, 6) is 1.07. The molecule has 13 heavy (non-hydrogen) atoms. The number of hydrogen-bond acceptors (Lipinski definition) is 1. The van der Waals surface area contributed by atoms with Gasteiger partial charge in [-0.1, -0.05) is 31.4 Å². The minimum atomic E-state index is 0.300. The van der Waals surface area contributed by atoms with Crippen LogP contribution in [0.2, 0.25) is 0 Å². The maximum Gasteiger partial charge on any atom is 0.140 e. The van der Waals surface area contributed by atoms with Crippen molar-refractivity contribution >= 4 is 17.4 Å². The predicted molar refractivity (Wildman–Crippen MR) is 56.1 cm³/mol. The molecule has 0 bridgehead atoms. The molecule has 0 radical (unpaired) electrons. The lowest BCUT2D eigenvalue weighted by Gasteiger charge is -2.20. The van der Waals surface area contributed by atoms with Gasteiger partial charge in [-0.15, -0.1) is 11.6 Å². The SMILES string of the molecule is C=C(CCl)CC(=O)C1CCCCC1. The molecule has 0 unspecified atom stereocenters. The number of rotatable bonds is 4. The van der Waals surface area contributed by atoms with Crippen LogP contribution in [-0.2, 0) is 4.79 Å². The van der Waals surface area contributed by atoms with E-state index in [1.54, 1.807) is 0 Å². The number of alkyl halides is 1. The highest BCUT2D eigenvalue weighted by atomic mass is 35.5. The highest BCUT2D eigenvalue weighted by Gasteiger charge is 2.20. The Labute approximate surface area is 85.2 Å². The van der Waals surface area contributed by atoms with E-state index in [2.05, 4.69) is 6.58 Å². The second kappa shape index (κ2) is 5.43. The number of ketones is 1. The van der Waals surface area contributed by atoms with Crippen LogP contribution in [0.15, 0.2) is 12.2 Å². The van der Waals surface area contributed by atoms with Gasteiger partial charge in [-0.2, -0.15) is 0 Å². The summed E-state index contributed by atoms with van der Waals surface area (Å²) in [5.41, 5.74) is 0.859. The van der Waals surface area contributed by atoms with Crippen molar-refractivity contribution in [3.63, 3.8) is 0 Å². The lowest BCUT2D eigenvalue weighted by Crippen LogP contribution is -2.18. The van der Waals surface area contributed by atoms with E-state index < -0.39 is 0 Å². The first-order chi connectivity index (χ1) is 6.24. The van der Waals surface area contributed by atoms with Crippen molar-refractivity contribution in [2.75, 3.05) is 5.88 Å². The smallest absolute Gasteiger partial charge is 0.140 e. The van der Waals surface area contributed by atoms with Crippen molar-refractivity contribution < 1.29 is 4.79 Å². The average Bonchev–Trinajstić information content (AvgIpc) is 2.19. The third-order valence-electron chi connectivity index (χ3n) is 2.67. The summed E-state index contributed by atoms with van der Waals surface area (Å²) in [4.78, 5) is 11.6. The zero-order valence-corrected chi connectivity index (χ0v) is 8.78. The molecule has 1 fully saturated rings. The first-order valence-corrected chi connectivity index (χ1v) is 5.53. The van der Waals surface area contributed by atoms with Gasteiger partial charge in [0, 0.05) is 18.2 Å². The molecule has 74 valence electrons. The van der Waals surface area contributed by atoms with Crippen LogP contribution in [0, 0.1) is 5.92 Å². The highest BCUT2D eigenvalue weighted by molar-refractivity contribution is 6.19. The summed E-state index contributed by atoms with van der Waals surface area (Å²) in [7, 11) is 0. The van der Waals surface area contributed by atoms with E-state index >= 15 is 0 Å². The Balaban J connectivity index is 2.33. The van der Waals surface area contributed by atoms with Crippen LogP contribution in [0.3, 0.4) is 0 Å². The first-order valence-electron chi connectivity index (χ1n) is 4.99. The normalized spacial score (nSPS) is 18.5. The summed E-state index contributed by atoms with van der Waals surface area (Å²) in [6, 6.07) is 0. The Kier molecular flexibility index (Phi) is 4.51. The molecule has 0 amide bonds.